The first-order valence-corrected chi connectivity index (χ1v) is 11.4. The zero-order valence-electron chi connectivity index (χ0n) is 17.0. The van der Waals surface area contributed by atoms with E-state index >= 15 is 0 Å². The van der Waals surface area contributed by atoms with E-state index in [4.69, 9.17) is 0 Å². The molecular formula is C22H23BrFN3O2S. The monoisotopic (exact) mass is 491 g/mol. The molecule has 30 heavy (non-hydrogen) atoms. The molecule has 5 nitrogen and oxygen atoms in total. The molecule has 0 saturated carbocycles. The molecule has 1 aromatic heterocycles. The SMILES string of the molecule is CCCn1c(SC(C)C(=O)NC(C)c2ccc(F)cc2)nc2ccc(Br)cc2c1=O. The third kappa shape index (κ3) is 5.10. The van der Waals surface area contributed by atoms with Crippen molar-refractivity contribution in [2.75, 3.05) is 0 Å². The van der Waals surface area contributed by atoms with Crippen LogP contribution < -0.4 is 10.9 Å². The van der Waals surface area contributed by atoms with E-state index in [2.05, 4.69) is 26.2 Å². The molecule has 158 valence electrons. The van der Waals surface area contributed by atoms with Crippen LogP contribution in [0.2, 0.25) is 0 Å². The fourth-order valence-electron chi connectivity index (χ4n) is 3.06. The van der Waals surface area contributed by atoms with Crippen LogP contribution in [0.5, 0.6) is 0 Å². The minimum Gasteiger partial charge on any atom is -0.349 e. The Morgan fingerprint density at radius 2 is 1.93 bits per heavy atom. The molecule has 1 amide bonds. The van der Waals surface area contributed by atoms with Crippen LogP contribution in [0.15, 0.2) is 56.9 Å². The third-order valence-corrected chi connectivity index (χ3v) is 6.29. The van der Waals surface area contributed by atoms with E-state index in [1.807, 2.05) is 19.9 Å². The summed E-state index contributed by atoms with van der Waals surface area (Å²) < 4.78 is 15.6. The van der Waals surface area contributed by atoms with Crippen molar-refractivity contribution in [2.24, 2.45) is 0 Å². The lowest BCUT2D eigenvalue weighted by Crippen LogP contribution is -2.34. The minimum atomic E-state index is -0.462. The predicted molar refractivity (Wildman–Crippen MR) is 122 cm³/mol. The second kappa shape index (κ2) is 9.75. The lowest BCUT2D eigenvalue weighted by atomic mass is 10.1. The van der Waals surface area contributed by atoms with Gasteiger partial charge in [0.2, 0.25) is 5.91 Å². The summed E-state index contributed by atoms with van der Waals surface area (Å²) in [5.74, 6) is -0.491. The number of aromatic nitrogens is 2. The van der Waals surface area contributed by atoms with Crippen LogP contribution in [-0.2, 0) is 11.3 Å². The van der Waals surface area contributed by atoms with Crippen LogP contribution in [0.4, 0.5) is 4.39 Å². The standard InChI is InChI=1S/C22H23BrFN3O2S/c1-4-11-27-21(29)18-12-16(23)7-10-19(18)26-22(27)30-14(3)20(28)25-13(2)15-5-8-17(24)9-6-15/h5-10,12-14H,4,11H2,1-3H3,(H,25,28). The Morgan fingerprint density at radius 1 is 1.23 bits per heavy atom. The molecular weight excluding hydrogens is 469 g/mol. The van der Waals surface area contributed by atoms with E-state index in [1.54, 1.807) is 35.8 Å². The summed E-state index contributed by atoms with van der Waals surface area (Å²) in [6, 6.07) is 11.2. The number of hydrogen-bond acceptors (Lipinski definition) is 4. The molecule has 1 N–H and O–H groups in total. The van der Waals surface area contributed by atoms with Gasteiger partial charge in [0.25, 0.3) is 5.56 Å². The minimum absolute atomic E-state index is 0.113. The molecule has 3 aromatic rings. The molecule has 0 radical (unpaired) electrons. The number of hydrogen-bond donors (Lipinski definition) is 1. The molecule has 1 heterocycles. The smallest absolute Gasteiger partial charge is 0.262 e. The number of benzene rings is 2. The summed E-state index contributed by atoms with van der Waals surface area (Å²) in [4.78, 5) is 30.4. The topological polar surface area (TPSA) is 64.0 Å². The van der Waals surface area contributed by atoms with E-state index in [0.29, 0.717) is 22.6 Å². The highest BCUT2D eigenvalue weighted by molar-refractivity contribution is 9.10. The maximum absolute atomic E-state index is 13.1. The molecule has 0 spiro atoms. The van der Waals surface area contributed by atoms with Gasteiger partial charge >= 0.3 is 0 Å². The van der Waals surface area contributed by atoms with Crippen LogP contribution in [0.3, 0.4) is 0 Å². The van der Waals surface area contributed by atoms with Gasteiger partial charge in [-0.1, -0.05) is 46.7 Å². The van der Waals surface area contributed by atoms with E-state index in [-0.39, 0.29) is 23.3 Å². The Kier molecular flexibility index (Phi) is 7.31. The highest BCUT2D eigenvalue weighted by Gasteiger charge is 2.21. The third-order valence-electron chi connectivity index (χ3n) is 4.71. The van der Waals surface area contributed by atoms with Gasteiger partial charge in [0.15, 0.2) is 5.16 Å². The quantitative estimate of drug-likeness (QED) is 0.370. The molecule has 2 unspecified atom stereocenters. The van der Waals surface area contributed by atoms with Gasteiger partial charge in [0.1, 0.15) is 5.82 Å². The number of nitrogens with one attached hydrogen (secondary N) is 1. The molecule has 0 bridgehead atoms. The maximum atomic E-state index is 13.1. The number of halogens is 2. The van der Waals surface area contributed by atoms with Crippen LogP contribution in [0, 0.1) is 5.82 Å². The molecule has 3 rings (SSSR count). The van der Waals surface area contributed by atoms with Crippen molar-refractivity contribution in [1.82, 2.24) is 14.9 Å². The summed E-state index contributed by atoms with van der Waals surface area (Å²) in [5, 5.41) is 3.55. The molecule has 8 heteroatoms. The largest absolute Gasteiger partial charge is 0.349 e. The van der Waals surface area contributed by atoms with Crippen molar-refractivity contribution in [1.29, 1.82) is 0 Å². The van der Waals surface area contributed by atoms with E-state index in [0.717, 1.165) is 16.5 Å². The van der Waals surface area contributed by atoms with Gasteiger partial charge in [-0.25, -0.2) is 9.37 Å². The van der Waals surface area contributed by atoms with Crippen molar-refractivity contribution in [3.63, 3.8) is 0 Å². The van der Waals surface area contributed by atoms with Crippen molar-refractivity contribution >= 4 is 44.5 Å². The van der Waals surface area contributed by atoms with Gasteiger partial charge in [0, 0.05) is 11.0 Å². The van der Waals surface area contributed by atoms with Crippen molar-refractivity contribution < 1.29 is 9.18 Å². The van der Waals surface area contributed by atoms with Crippen molar-refractivity contribution in [3.8, 4) is 0 Å². The maximum Gasteiger partial charge on any atom is 0.262 e. The highest BCUT2D eigenvalue weighted by atomic mass is 79.9. The Morgan fingerprint density at radius 3 is 2.60 bits per heavy atom. The summed E-state index contributed by atoms with van der Waals surface area (Å²) >= 11 is 4.66. The zero-order chi connectivity index (χ0) is 21.8. The van der Waals surface area contributed by atoms with Crippen LogP contribution >= 0.6 is 27.7 Å². The summed E-state index contributed by atoms with van der Waals surface area (Å²) in [6.07, 6.45) is 0.775. The first-order valence-electron chi connectivity index (χ1n) is 9.72. The normalized spacial score (nSPS) is 13.2. The van der Waals surface area contributed by atoms with Gasteiger partial charge < -0.3 is 5.32 Å². The number of rotatable bonds is 7. The number of fused-ring (bicyclic) bond motifs is 1. The molecule has 0 aliphatic carbocycles. The Bertz CT molecular complexity index is 1120. The van der Waals surface area contributed by atoms with Crippen LogP contribution in [-0.4, -0.2) is 20.7 Å². The van der Waals surface area contributed by atoms with Gasteiger partial charge in [-0.2, -0.15) is 0 Å². The fourth-order valence-corrected chi connectivity index (χ4v) is 4.37. The average molecular weight is 492 g/mol. The molecule has 0 aliphatic heterocycles. The average Bonchev–Trinajstić information content (AvgIpc) is 2.71. The number of thioether (sulfide) groups is 1. The molecule has 2 atom stereocenters. The second-order valence-corrected chi connectivity index (χ2v) is 9.28. The first kappa shape index (κ1) is 22.5. The number of carbonyl (C=O) groups excluding carboxylic acids is 1. The van der Waals surface area contributed by atoms with Gasteiger partial charge in [0.05, 0.1) is 22.2 Å². The van der Waals surface area contributed by atoms with Crippen molar-refractivity contribution in [3.05, 3.63) is 68.7 Å². The summed E-state index contributed by atoms with van der Waals surface area (Å²) in [5.41, 5.74) is 1.31. The van der Waals surface area contributed by atoms with E-state index in [1.165, 1.54) is 23.9 Å². The molecule has 0 fully saturated rings. The first-order chi connectivity index (χ1) is 14.3. The van der Waals surface area contributed by atoms with Gasteiger partial charge in [-0.05, 0) is 56.2 Å². The van der Waals surface area contributed by atoms with Gasteiger partial charge in [-0.3, -0.25) is 14.2 Å². The number of carbonyl (C=O) groups is 1. The zero-order valence-corrected chi connectivity index (χ0v) is 19.4. The van der Waals surface area contributed by atoms with Crippen LogP contribution in [0.1, 0.15) is 38.8 Å². The lowest BCUT2D eigenvalue weighted by molar-refractivity contribution is -0.120. The summed E-state index contributed by atoms with van der Waals surface area (Å²) in [6.45, 7) is 6.15. The number of amides is 1. The second-order valence-electron chi connectivity index (χ2n) is 7.05. The predicted octanol–water partition coefficient (Wildman–Crippen LogP) is 5.07. The van der Waals surface area contributed by atoms with Crippen molar-refractivity contribution in [2.45, 2.75) is 50.2 Å². The van der Waals surface area contributed by atoms with E-state index in [9.17, 15) is 14.0 Å². The van der Waals surface area contributed by atoms with E-state index < -0.39 is 5.25 Å². The Hall–Kier alpha value is -2.19. The highest BCUT2D eigenvalue weighted by Crippen LogP contribution is 2.25. The lowest BCUT2D eigenvalue weighted by Gasteiger charge is -2.19. The van der Waals surface area contributed by atoms with Crippen LogP contribution in [0.25, 0.3) is 10.9 Å². The summed E-state index contributed by atoms with van der Waals surface area (Å²) in [7, 11) is 0. The molecule has 0 saturated heterocycles. The van der Waals surface area contributed by atoms with Gasteiger partial charge in [-0.15, -0.1) is 0 Å². The number of nitrogens with zero attached hydrogens (tertiary/aromatic N) is 2. The molecule has 0 aliphatic rings. The fraction of sp³-hybridized carbons (Fsp3) is 0.318. The Labute approximate surface area is 187 Å². The molecule has 2 aromatic carbocycles. The Balaban J connectivity index is 1.82.